The van der Waals surface area contributed by atoms with Crippen LogP contribution >= 0.6 is 11.8 Å². The number of hydrogen-bond donors (Lipinski definition) is 1. The normalized spacial score (nSPS) is 19.9. The van der Waals surface area contributed by atoms with Gasteiger partial charge in [-0.05, 0) is 24.3 Å². The number of aromatic amines is 1. The fraction of sp³-hybridized carbons (Fsp3) is 0.364. The van der Waals surface area contributed by atoms with E-state index in [-0.39, 0.29) is 5.03 Å². The zero-order valence-electron chi connectivity index (χ0n) is 17.8. The Balaban J connectivity index is 1.38. The fourth-order valence-corrected chi connectivity index (χ4v) is 6.29. The van der Waals surface area contributed by atoms with Gasteiger partial charge < -0.3 is 9.72 Å². The molecule has 2 aromatic heterocycles. The largest absolute Gasteiger partial charge is 0.379 e. The fourth-order valence-electron chi connectivity index (χ4n) is 4.02. The molecule has 5 rings (SSSR count). The second kappa shape index (κ2) is 8.86. The van der Waals surface area contributed by atoms with Crippen LogP contribution in [0.15, 0.2) is 58.7 Å². The Morgan fingerprint density at radius 2 is 2.06 bits per heavy atom. The third kappa shape index (κ3) is 4.15. The number of H-pyrrole nitrogens is 1. The lowest BCUT2D eigenvalue weighted by Crippen LogP contribution is -2.40. The summed E-state index contributed by atoms with van der Waals surface area (Å²) in [6.07, 6.45) is 1.48. The van der Waals surface area contributed by atoms with Crippen LogP contribution in [0.1, 0.15) is 5.69 Å². The second-order valence-electron chi connectivity index (χ2n) is 7.86. The molecule has 8 nitrogen and oxygen atoms in total. The SMILES string of the molecule is CN(c1cccc2cc(C3=NCC(CN4CCOCC4)S3)[nH]c12)S(=O)(=O)c1ccccn1. The highest BCUT2D eigenvalue weighted by molar-refractivity contribution is 8.15. The Morgan fingerprint density at radius 3 is 2.84 bits per heavy atom. The van der Waals surface area contributed by atoms with Crippen molar-refractivity contribution in [3.63, 3.8) is 0 Å². The smallest absolute Gasteiger partial charge is 0.281 e. The molecule has 1 aromatic carbocycles. The summed E-state index contributed by atoms with van der Waals surface area (Å²) in [6.45, 7) is 5.32. The van der Waals surface area contributed by atoms with E-state index in [1.165, 1.54) is 16.6 Å². The summed E-state index contributed by atoms with van der Waals surface area (Å²) in [7, 11) is -2.21. The highest BCUT2D eigenvalue weighted by atomic mass is 32.2. The maximum atomic E-state index is 13.1. The van der Waals surface area contributed by atoms with Crippen LogP contribution in [-0.4, -0.2) is 80.0 Å². The van der Waals surface area contributed by atoms with E-state index in [1.54, 1.807) is 37.0 Å². The third-order valence-electron chi connectivity index (χ3n) is 5.75. The number of fused-ring (bicyclic) bond motifs is 1. The minimum Gasteiger partial charge on any atom is -0.379 e. The minimum atomic E-state index is -3.77. The molecule has 1 fully saturated rings. The van der Waals surface area contributed by atoms with E-state index >= 15 is 0 Å². The number of rotatable bonds is 6. The highest BCUT2D eigenvalue weighted by Gasteiger charge is 2.27. The molecule has 1 N–H and O–H groups in total. The molecule has 1 unspecified atom stereocenters. The topological polar surface area (TPSA) is 90.9 Å². The summed E-state index contributed by atoms with van der Waals surface area (Å²) in [6, 6.07) is 12.6. The van der Waals surface area contributed by atoms with Crippen molar-refractivity contribution >= 4 is 43.4 Å². The quantitative estimate of drug-likeness (QED) is 0.594. The summed E-state index contributed by atoms with van der Waals surface area (Å²) in [4.78, 5) is 14.6. The second-order valence-corrected chi connectivity index (χ2v) is 11.1. The number of hydrogen-bond acceptors (Lipinski definition) is 7. The number of anilines is 1. The standard InChI is InChI=1S/C22H25N5O3S2/c1-26(32(28,29)20-7-2-3-8-23-20)19-6-4-5-16-13-18(25-21(16)19)22-24-14-17(31-22)15-27-9-11-30-12-10-27/h2-8,13,17,25H,9-12,14-15H2,1H3. The molecule has 0 radical (unpaired) electrons. The minimum absolute atomic E-state index is 0.0213. The van der Waals surface area contributed by atoms with Gasteiger partial charge in [0, 0.05) is 43.5 Å². The van der Waals surface area contributed by atoms with Crippen molar-refractivity contribution in [2.75, 3.05) is 50.7 Å². The molecule has 10 heteroatoms. The molecule has 2 aliphatic rings. The van der Waals surface area contributed by atoms with E-state index in [0.29, 0.717) is 10.9 Å². The number of aliphatic imine (C=N–C) groups is 1. The molecule has 1 atom stereocenters. The van der Waals surface area contributed by atoms with Gasteiger partial charge in [0.1, 0.15) is 5.04 Å². The molecule has 0 bridgehead atoms. The molecule has 0 aliphatic carbocycles. The van der Waals surface area contributed by atoms with Gasteiger partial charge in [-0.25, -0.2) is 4.98 Å². The van der Waals surface area contributed by atoms with E-state index in [1.807, 2.05) is 18.2 Å². The first-order valence-corrected chi connectivity index (χ1v) is 12.9. The monoisotopic (exact) mass is 471 g/mol. The number of sulfonamides is 1. The maximum Gasteiger partial charge on any atom is 0.281 e. The number of nitrogens with zero attached hydrogens (tertiary/aromatic N) is 4. The van der Waals surface area contributed by atoms with Gasteiger partial charge in [-0.1, -0.05) is 30.0 Å². The summed E-state index contributed by atoms with van der Waals surface area (Å²) in [5.74, 6) is 0. The van der Waals surface area contributed by atoms with Crippen molar-refractivity contribution in [1.82, 2.24) is 14.9 Å². The lowest BCUT2D eigenvalue weighted by molar-refractivity contribution is 0.0385. The molecule has 0 spiro atoms. The van der Waals surface area contributed by atoms with Crippen molar-refractivity contribution in [2.24, 2.45) is 4.99 Å². The van der Waals surface area contributed by atoms with Gasteiger partial charge in [0.05, 0.1) is 36.7 Å². The van der Waals surface area contributed by atoms with Crippen LogP contribution in [0.5, 0.6) is 0 Å². The van der Waals surface area contributed by atoms with Crippen LogP contribution in [0.4, 0.5) is 5.69 Å². The predicted octanol–water partition coefficient (Wildman–Crippen LogP) is 2.58. The lowest BCUT2D eigenvalue weighted by atomic mass is 10.2. The van der Waals surface area contributed by atoms with Crippen molar-refractivity contribution in [1.29, 1.82) is 0 Å². The van der Waals surface area contributed by atoms with Gasteiger partial charge >= 0.3 is 0 Å². The molecule has 1 saturated heterocycles. The first-order valence-electron chi connectivity index (χ1n) is 10.6. The Morgan fingerprint density at radius 1 is 1.22 bits per heavy atom. The average molecular weight is 472 g/mol. The third-order valence-corrected chi connectivity index (χ3v) is 8.64. The first kappa shape index (κ1) is 21.4. The van der Waals surface area contributed by atoms with Crippen molar-refractivity contribution in [2.45, 2.75) is 10.3 Å². The van der Waals surface area contributed by atoms with Gasteiger partial charge in [-0.3, -0.25) is 14.2 Å². The van der Waals surface area contributed by atoms with E-state index < -0.39 is 10.0 Å². The van der Waals surface area contributed by atoms with Crippen LogP contribution < -0.4 is 4.31 Å². The molecule has 3 aromatic rings. The molecule has 0 amide bonds. The van der Waals surface area contributed by atoms with E-state index in [0.717, 1.165) is 61.0 Å². The zero-order valence-corrected chi connectivity index (χ0v) is 19.4. The van der Waals surface area contributed by atoms with Crippen LogP contribution in [0.3, 0.4) is 0 Å². The number of ether oxygens (including phenoxy) is 1. The predicted molar refractivity (Wildman–Crippen MR) is 128 cm³/mol. The van der Waals surface area contributed by atoms with Gasteiger partial charge in [0.25, 0.3) is 10.0 Å². The zero-order chi connectivity index (χ0) is 22.1. The molecule has 4 heterocycles. The van der Waals surface area contributed by atoms with E-state index in [2.05, 4.69) is 14.9 Å². The molecule has 32 heavy (non-hydrogen) atoms. The molecular formula is C22H25N5O3S2. The number of morpholine rings is 1. The summed E-state index contributed by atoms with van der Waals surface area (Å²) >= 11 is 1.78. The van der Waals surface area contributed by atoms with Crippen molar-refractivity contribution in [3.05, 3.63) is 54.4 Å². The van der Waals surface area contributed by atoms with Crippen molar-refractivity contribution in [3.8, 4) is 0 Å². The van der Waals surface area contributed by atoms with Gasteiger partial charge in [0.15, 0.2) is 5.03 Å². The molecular weight excluding hydrogens is 446 g/mol. The number of thioether (sulfide) groups is 1. The first-order chi connectivity index (χ1) is 15.5. The highest BCUT2D eigenvalue weighted by Crippen LogP contribution is 2.33. The number of pyridine rings is 1. The van der Waals surface area contributed by atoms with Crippen molar-refractivity contribution < 1.29 is 13.2 Å². The molecule has 168 valence electrons. The van der Waals surface area contributed by atoms with Crippen LogP contribution in [-0.2, 0) is 14.8 Å². The van der Waals surface area contributed by atoms with Crippen LogP contribution in [0.2, 0.25) is 0 Å². The number of aromatic nitrogens is 2. The van der Waals surface area contributed by atoms with Gasteiger partial charge in [0.2, 0.25) is 0 Å². The number of benzene rings is 1. The molecule has 2 aliphatic heterocycles. The number of para-hydroxylation sites is 1. The van der Waals surface area contributed by atoms with Gasteiger partial charge in [-0.2, -0.15) is 8.42 Å². The van der Waals surface area contributed by atoms with E-state index in [4.69, 9.17) is 9.73 Å². The van der Waals surface area contributed by atoms with Gasteiger partial charge in [-0.15, -0.1) is 0 Å². The maximum absolute atomic E-state index is 13.1. The Kier molecular flexibility index (Phi) is 5.93. The Bertz CT molecular complexity index is 1240. The molecule has 0 saturated carbocycles. The average Bonchev–Trinajstić information content (AvgIpc) is 3.46. The van der Waals surface area contributed by atoms with E-state index in [9.17, 15) is 8.42 Å². The summed E-state index contributed by atoms with van der Waals surface area (Å²) < 4.78 is 32.9. The Labute approximate surface area is 191 Å². The summed E-state index contributed by atoms with van der Waals surface area (Å²) in [5.41, 5.74) is 2.27. The van der Waals surface area contributed by atoms with Crippen LogP contribution in [0, 0.1) is 0 Å². The lowest BCUT2D eigenvalue weighted by Gasteiger charge is -2.28. The van der Waals surface area contributed by atoms with Crippen LogP contribution in [0.25, 0.3) is 10.9 Å². The Hall–Kier alpha value is -2.40. The number of nitrogens with one attached hydrogen (secondary N) is 1. The summed E-state index contributed by atoms with van der Waals surface area (Å²) in [5, 5.41) is 2.36.